The zero-order chi connectivity index (χ0) is 17.0. The van der Waals surface area contributed by atoms with Crippen molar-refractivity contribution < 1.29 is 14.7 Å². The van der Waals surface area contributed by atoms with Crippen LogP contribution in [0, 0.1) is 6.92 Å². The Labute approximate surface area is 133 Å². The first-order chi connectivity index (χ1) is 10.9. The number of carbonyl (C=O) groups is 2. The number of hydrogen-bond donors (Lipinski definition) is 2. The lowest BCUT2D eigenvalue weighted by Gasteiger charge is -2.14. The van der Waals surface area contributed by atoms with E-state index in [0.29, 0.717) is 18.5 Å². The number of fused-ring (bicyclic) bond motifs is 1. The highest BCUT2D eigenvalue weighted by Crippen LogP contribution is 2.04. The van der Waals surface area contributed by atoms with Gasteiger partial charge in [-0.2, -0.15) is 0 Å². The van der Waals surface area contributed by atoms with E-state index < -0.39 is 23.5 Å². The summed E-state index contributed by atoms with van der Waals surface area (Å²) in [5, 5.41) is 11.6. The smallest absolute Gasteiger partial charge is 0.326 e. The third-order valence-corrected chi connectivity index (χ3v) is 3.54. The summed E-state index contributed by atoms with van der Waals surface area (Å²) in [6.07, 6.45) is 4.58. The molecule has 0 saturated carbocycles. The van der Waals surface area contributed by atoms with Crippen molar-refractivity contribution in [1.29, 1.82) is 0 Å². The Morgan fingerprint density at radius 1 is 1.39 bits per heavy atom. The molecule has 0 saturated heterocycles. The van der Waals surface area contributed by atoms with Gasteiger partial charge in [0.1, 0.15) is 17.3 Å². The Kier molecular flexibility index (Phi) is 5.10. The Balaban J connectivity index is 2.32. The fraction of sp³-hybridized carbons (Fsp3) is 0.375. The van der Waals surface area contributed by atoms with Crippen LogP contribution in [0.25, 0.3) is 5.65 Å². The van der Waals surface area contributed by atoms with Crippen molar-refractivity contribution in [2.24, 2.45) is 0 Å². The molecule has 1 atom stereocenters. The fourth-order valence-electron chi connectivity index (χ4n) is 2.24. The van der Waals surface area contributed by atoms with E-state index in [9.17, 15) is 14.4 Å². The average molecular weight is 317 g/mol. The number of rotatable bonds is 6. The molecule has 0 aromatic carbocycles. The number of nitrogens with zero attached hydrogens (tertiary/aromatic N) is 2. The molecule has 1 amide bonds. The molecule has 1 unspecified atom stereocenters. The SMILES string of the molecule is CCCCC(NC(=O)c1cnc2ccc(C)cn2c1=O)C(=O)O. The number of aromatic nitrogens is 2. The minimum absolute atomic E-state index is 0.171. The Morgan fingerprint density at radius 3 is 2.78 bits per heavy atom. The van der Waals surface area contributed by atoms with Gasteiger partial charge in [0.25, 0.3) is 11.5 Å². The summed E-state index contributed by atoms with van der Waals surface area (Å²) in [5.41, 5.74) is 0.593. The van der Waals surface area contributed by atoms with Crippen LogP contribution in [0.1, 0.15) is 42.1 Å². The summed E-state index contributed by atoms with van der Waals surface area (Å²) in [6.45, 7) is 3.76. The first-order valence-corrected chi connectivity index (χ1v) is 7.45. The predicted molar refractivity (Wildman–Crippen MR) is 84.6 cm³/mol. The van der Waals surface area contributed by atoms with Crippen molar-refractivity contribution in [2.45, 2.75) is 39.2 Å². The zero-order valence-electron chi connectivity index (χ0n) is 13.1. The van der Waals surface area contributed by atoms with E-state index in [1.165, 1.54) is 10.6 Å². The van der Waals surface area contributed by atoms with Crippen LogP contribution in [0.15, 0.2) is 29.3 Å². The maximum atomic E-state index is 12.4. The quantitative estimate of drug-likeness (QED) is 0.838. The summed E-state index contributed by atoms with van der Waals surface area (Å²) in [7, 11) is 0. The molecule has 2 aromatic rings. The third-order valence-electron chi connectivity index (χ3n) is 3.54. The number of aryl methyl sites for hydroxylation is 1. The molecule has 0 aliphatic rings. The minimum Gasteiger partial charge on any atom is -0.480 e. The van der Waals surface area contributed by atoms with Crippen LogP contribution in [-0.4, -0.2) is 32.4 Å². The first-order valence-electron chi connectivity index (χ1n) is 7.45. The normalized spacial score (nSPS) is 12.1. The summed E-state index contributed by atoms with van der Waals surface area (Å²) >= 11 is 0. The second-order valence-corrected chi connectivity index (χ2v) is 5.42. The van der Waals surface area contributed by atoms with Gasteiger partial charge in [0.2, 0.25) is 0 Å². The highest BCUT2D eigenvalue weighted by Gasteiger charge is 2.22. The summed E-state index contributed by atoms with van der Waals surface area (Å²) in [5.74, 6) is -1.83. The molecular formula is C16H19N3O4. The first kappa shape index (κ1) is 16.7. The minimum atomic E-state index is -1.11. The predicted octanol–water partition coefficient (Wildman–Crippen LogP) is 1.38. The molecular weight excluding hydrogens is 298 g/mol. The molecule has 2 N–H and O–H groups in total. The van der Waals surface area contributed by atoms with Crippen molar-refractivity contribution in [3.05, 3.63) is 46.0 Å². The van der Waals surface area contributed by atoms with E-state index in [1.807, 2.05) is 19.9 Å². The van der Waals surface area contributed by atoms with Gasteiger partial charge in [0, 0.05) is 12.4 Å². The van der Waals surface area contributed by atoms with Gasteiger partial charge in [-0.1, -0.05) is 25.8 Å². The van der Waals surface area contributed by atoms with Gasteiger partial charge < -0.3 is 10.4 Å². The topological polar surface area (TPSA) is 101 Å². The van der Waals surface area contributed by atoms with Crippen molar-refractivity contribution in [1.82, 2.24) is 14.7 Å². The van der Waals surface area contributed by atoms with E-state index in [2.05, 4.69) is 10.3 Å². The van der Waals surface area contributed by atoms with Crippen LogP contribution in [0.5, 0.6) is 0 Å². The highest BCUT2D eigenvalue weighted by molar-refractivity contribution is 5.96. The lowest BCUT2D eigenvalue weighted by atomic mass is 10.1. The molecule has 0 bridgehead atoms. The molecule has 0 aliphatic carbocycles. The molecule has 0 aliphatic heterocycles. The van der Waals surface area contributed by atoms with E-state index in [-0.39, 0.29) is 5.56 Å². The van der Waals surface area contributed by atoms with Gasteiger partial charge in [-0.15, -0.1) is 0 Å². The molecule has 122 valence electrons. The van der Waals surface area contributed by atoms with Crippen molar-refractivity contribution in [3.8, 4) is 0 Å². The van der Waals surface area contributed by atoms with Crippen LogP contribution in [0.3, 0.4) is 0 Å². The molecule has 0 radical (unpaired) electrons. The van der Waals surface area contributed by atoms with E-state index in [1.54, 1.807) is 12.3 Å². The van der Waals surface area contributed by atoms with Crippen molar-refractivity contribution in [3.63, 3.8) is 0 Å². The average Bonchev–Trinajstić information content (AvgIpc) is 2.51. The number of amides is 1. The summed E-state index contributed by atoms with van der Waals surface area (Å²) in [6, 6.07) is 2.48. The number of carboxylic acid groups (broad SMARTS) is 1. The molecule has 2 aromatic heterocycles. The van der Waals surface area contributed by atoms with Gasteiger partial charge in [-0.3, -0.25) is 14.0 Å². The van der Waals surface area contributed by atoms with E-state index >= 15 is 0 Å². The number of unbranched alkanes of at least 4 members (excludes halogenated alkanes) is 1. The number of hydrogen-bond acceptors (Lipinski definition) is 4. The summed E-state index contributed by atoms with van der Waals surface area (Å²) < 4.78 is 1.28. The largest absolute Gasteiger partial charge is 0.480 e. The van der Waals surface area contributed by atoms with Crippen molar-refractivity contribution in [2.75, 3.05) is 0 Å². The second kappa shape index (κ2) is 7.04. The summed E-state index contributed by atoms with van der Waals surface area (Å²) in [4.78, 5) is 39.9. The molecule has 2 rings (SSSR count). The van der Waals surface area contributed by atoms with Crippen LogP contribution < -0.4 is 10.9 Å². The number of nitrogens with one attached hydrogen (secondary N) is 1. The van der Waals surface area contributed by atoms with Crippen LogP contribution in [-0.2, 0) is 4.79 Å². The van der Waals surface area contributed by atoms with Gasteiger partial charge in [-0.05, 0) is 25.0 Å². The standard InChI is InChI=1S/C16H19N3O4/c1-3-4-5-12(16(22)23)18-14(20)11-8-17-13-7-6-10(2)9-19(13)15(11)21/h6-9,12H,3-5H2,1-2H3,(H,18,20)(H,22,23). The Morgan fingerprint density at radius 2 is 2.13 bits per heavy atom. The maximum absolute atomic E-state index is 12.4. The molecule has 23 heavy (non-hydrogen) atoms. The van der Waals surface area contributed by atoms with Gasteiger partial charge in [0.15, 0.2) is 0 Å². The fourth-order valence-corrected chi connectivity index (χ4v) is 2.24. The molecule has 0 fully saturated rings. The molecule has 7 nitrogen and oxygen atoms in total. The van der Waals surface area contributed by atoms with Crippen LogP contribution in [0.4, 0.5) is 0 Å². The maximum Gasteiger partial charge on any atom is 0.326 e. The highest BCUT2D eigenvalue weighted by atomic mass is 16.4. The van der Waals surface area contributed by atoms with E-state index in [0.717, 1.165) is 12.0 Å². The number of carboxylic acids is 1. The monoisotopic (exact) mass is 317 g/mol. The second-order valence-electron chi connectivity index (χ2n) is 5.42. The molecule has 7 heteroatoms. The lowest BCUT2D eigenvalue weighted by molar-refractivity contribution is -0.139. The van der Waals surface area contributed by atoms with Crippen molar-refractivity contribution >= 4 is 17.5 Å². The number of carbonyl (C=O) groups excluding carboxylic acids is 1. The van der Waals surface area contributed by atoms with Crippen LogP contribution >= 0.6 is 0 Å². The number of aliphatic carboxylic acids is 1. The molecule has 2 heterocycles. The van der Waals surface area contributed by atoms with E-state index in [4.69, 9.17) is 5.11 Å². The number of pyridine rings is 1. The zero-order valence-corrected chi connectivity index (χ0v) is 13.1. The van der Waals surface area contributed by atoms with Gasteiger partial charge in [-0.25, -0.2) is 9.78 Å². The Bertz CT molecular complexity index is 798. The van der Waals surface area contributed by atoms with Gasteiger partial charge >= 0.3 is 5.97 Å². The van der Waals surface area contributed by atoms with Gasteiger partial charge in [0.05, 0.1) is 0 Å². The third kappa shape index (κ3) is 3.74. The van der Waals surface area contributed by atoms with Crippen LogP contribution in [0.2, 0.25) is 0 Å². The molecule has 0 spiro atoms. The lowest BCUT2D eigenvalue weighted by Crippen LogP contribution is -2.42. The Hall–Kier alpha value is -2.70.